The van der Waals surface area contributed by atoms with Crippen LogP contribution in [0.5, 0.6) is 5.75 Å². The van der Waals surface area contributed by atoms with Crippen LogP contribution >= 0.6 is 0 Å². The molecule has 1 atom stereocenters. The van der Waals surface area contributed by atoms with E-state index >= 15 is 0 Å². The molecule has 0 bridgehead atoms. The van der Waals surface area contributed by atoms with Crippen molar-refractivity contribution in [2.24, 2.45) is 5.92 Å². The highest BCUT2D eigenvalue weighted by atomic mass is 16.5. The fourth-order valence-electron chi connectivity index (χ4n) is 4.14. The molecule has 1 aliphatic rings. The number of para-hydroxylation sites is 2. The van der Waals surface area contributed by atoms with Crippen LogP contribution < -0.4 is 10.1 Å². The fourth-order valence-corrected chi connectivity index (χ4v) is 4.14. The van der Waals surface area contributed by atoms with E-state index in [1.165, 1.54) is 11.3 Å². The van der Waals surface area contributed by atoms with Gasteiger partial charge in [-0.05, 0) is 43.9 Å². The smallest absolute Gasteiger partial charge is 0.321 e. The van der Waals surface area contributed by atoms with Crippen LogP contribution in [-0.4, -0.2) is 40.2 Å². The number of aryl methyl sites for hydroxylation is 1. The van der Waals surface area contributed by atoms with Gasteiger partial charge in [0.2, 0.25) is 0 Å². The zero-order chi connectivity index (χ0) is 21.6. The molecule has 1 N–H and O–H groups in total. The fraction of sp³-hybridized carbons (Fsp3) is 0.360. The van der Waals surface area contributed by atoms with Gasteiger partial charge in [-0.15, -0.1) is 0 Å². The number of hydrogen-bond acceptors (Lipinski definition) is 3. The third kappa shape index (κ3) is 5.08. The number of hydrogen-bond donors (Lipinski definition) is 1. The molecule has 1 aliphatic heterocycles. The van der Waals surface area contributed by atoms with Crippen LogP contribution in [-0.2, 0) is 13.0 Å². The molecule has 0 radical (unpaired) electrons. The lowest BCUT2D eigenvalue weighted by molar-refractivity contribution is 0.220. The molecule has 2 amide bonds. The van der Waals surface area contributed by atoms with Gasteiger partial charge in [0.1, 0.15) is 11.6 Å². The Kier molecular flexibility index (Phi) is 6.55. The Morgan fingerprint density at radius 2 is 1.94 bits per heavy atom. The van der Waals surface area contributed by atoms with Crippen molar-refractivity contribution in [2.45, 2.75) is 33.2 Å². The number of aromatic nitrogens is 2. The van der Waals surface area contributed by atoms with E-state index in [0.717, 1.165) is 38.3 Å². The summed E-state index contributed by atoms with van der Waals surface area (Å²) in [7, 11) is 0. The van der Waals surface area contributed by atoms with Gasteiger partial charge in [0.15, 0.2) is 0 Å². The van der Waals surface area contributed by atoms with Gasteiger partial charge in [-0.2, -0.15) is 0 Å². The van der Waals surface area contributed by atoms with Crippen molar-refractivity contribution in [1.82, 2.24) is 14.5 Å². The van der Waals surface area contributed by atoms with E-state index in [2.05, 4.69) is 46.1 Å². The van der Waals surface area contributed by atoms with Gasteiger partial charge in [-0.1, -0.05) is 42.5 Å². The van der Waals surface area contributed by atoms with Gasteiger partial charge >= 0.3 is 6.03 Å². The Hall–Kier alpha value is -3.28. The van der Waals surface area contributed by atoms with Crippen molar-refractivity contribution in [3.8, 4) is 5.75 Å². The molecule has 4 rings (SSSR count). The van der Waals surface area contributed by atoms with Gasteiger partial charge in [-0.25, -0.2) is 9.78 Å². The van der Waals surface area contributed by atoms with E-state index < -0.39 is 0 Å². The molecule has 0 spiro atoms. The van der Waals surface area contributed by atoms with Crippen molar-refractivity contribution in [1.29, 1.82) is 0 Å². The highest BCUT2D eigenvalue weighted by Crippen LogP contribution is 2.26. The Labute approximate surface area is 183 Å². The molecule has 1 fully saturated rings. The SMILES string of the molecule is CCOc1ccccc1NC(=O)N1CCC(Cc2ncc(C)n2Cc2ccccc2)C1. The minimum absolute atomic E-state index is 0.0709. The molecule has 1 unspecified atom stereocenters. The number of nitrogens with one attached hydrogen (secondary N) is 1. The monoisotopic (exact) mass is 418 g/mol. The largest absolute Gasteiger partial charge is 0.492 e. The summed E-state index contributed by atoms with van der Waals surface area (Å²) >= 11 is 0. The van der Waals surface area contributed by atoms with Gasteiger partial charge in [0, 0.05) is 37.9 Å². The topological polar surface area (TPSA) is 59.4 Å². The van der Waals surface area contributed by atoms with Crippen LogP contribution in [0.4, 0.5) is 10.5 Å². The second-order valence-corrected chi connectivity index (χ2v) is 8.05. The number of carbonyl (C=O) groups excluding carboxylic acids is 1. The number of amides is 2. The summed E-state index contributed by atoms with van der Waals surface area (Å²) in [4.78, 5) is 19.4. The third-order valence-electron chi connectivity index (χ3n) is 5.79. The minimum Gasteiger partial charge on any atom is -0.492 e. The van der Waals surface area contributed by atoms with E-state index in [1.54, 1.807) is 0 Å². The highest BCUT2D eigenvalue weighted by Gasteiger charge is 2.28. The molecule has 6 nitrogen and oxygen atoms in total. The standard InChI is InChI=1S/C25H30N4O2/c1-3-31-23-12-8-7-11-22(23)27-25(30)28-14-13-21(17-28)15-24-26-16-19(2)29(24)18-20-9-5-4-6-10-20/h4-12,16,21H,3,13-15,17-18H2,1-2H3,(H,27,30). The zero-order valence-electron chi connectivity index (χ0n) is 18.3. The number of carbonyl (C=O) groups is 1. The summed E-state index contributed by atoms with van der Waals surface area (Å²) in [6, 6.07) is 18.0. The van der Waals surface area contributed by atoms with E-state index in [1.807, 2.05) is 48.4 Å². The summed E-state index contributed by atoms with van der Waals surface area (Å²) in [5.74, 6) is 2.20. The van der Waals surface area contributed by atoms with Gasteiger partial charge in [0.05, 0.1) is 12.3 Å². The number of benzene rings is 2. The minimum atomic E-state index is -0.0709. The van der Waals surface area contributed by atoms with Crippen LogP contribution in [0.25, 0.3) is 0 Å². The molecular formula is C25H30N4O2. The Bertz CT molecular complexity index is 1020. The van der Waals surface area contributed by atoms with Crippen LogP contribution in [0, 0.1) is 12.8 Å². The average Bonchev–Trinajstić information content (AvgIpc) is 3.39. The zero-order valence-corrected chi connectivity index (χ0v) is 18.3. The second kappa shape index (κ2) is 9.69. The predicted octanol–water partition coefficient (Wildman–Crippen LogP) is 4.74. The van der Waals surface area contributed by atoms with E-state index in [4.69, 9.17) is 4.74 Å². The van der Waals surface area contributed by atoms with Crippen molar-refractivity contribution >= 4 is 11.7 Å². The Morgan fingerprint density at radius 1 is 1.16 bits per heavy atom. The molecule has 1 saturated heterocycles. The molecule has 6 heteroatoms. The molecule has 2 aromatic carbocycles. The molecule has 2 heterocycles. The molecule has 0 saturated carbocycles. The third-order valence-corrected chi connectivity index (χ3v) is 5.79. The maximum absolute atomic E-state index is 12.8. The van der Waals surface area contributed by atoms with Gasteiger partial charge < -0.3 is 19.5 Å². The molecule has 0 aliphatic carbocycles. The second-order valence-electron chi connectivity index (χ2n) is 8.05. The maximum atomic E-state index is 12.8. The molecule has 1 aromatic heterocycles. The number of anilines is 1. The van der Waals surface area contributed by atoms with Crippen molar-refractivity contribution < 1.29 is 9.53 Å². The van der Waals surface area contributed by atoms with Crippen molar-refractivity contribution in [3.63, 3.8) is 0 Å². The van der Waals surface area contributed by atoms with Gasteiger partial charge in [0.25, 0.3) is 0 Å². The summed E-state index contributed by atoms with van der Waals surface area (Å²) in [5.41, 5.74) is 3.15. The summed E-state index contributed by atoms with van der Waals surface area (Å²) in [5, 5.41) is 3.01. The summed E-state index contributed by atoms with van der Waals surface area (Å²) < 4.78 is 7.91. The van der Waals surface area contributed by atoms with Crippen molar-refractivity contribution in [2.75, 3.05) is 25.0 Å². The summed E-state index contributed by atoms with van der Waals surface area (Å²) in [6.45, 7) is 6.92. The lowest BCUT2D eigenvalue weighted by Gasteiger charge is -2.19. The van der Waals surface area contributed by atoms with Gasteiger partial charge in [-0.3, -0.25) is 0 Å². The first kappa shape index (κ1) is 21.0. The lowest BCUT2D eigenvalue weighted by Crippen LogP contribution is -2.33. The Morgan fingerprint density at radius 3 is 2.74 bits per heavy atom. The number of urea groups is 1. The maximum Gasteiger partial charge on any atom is 0.321 e. The number of likely N-dealkylation sites (tertiary alicyclic amines) is 1. The number of ether oxygens (including phenoxy) is 1. The first-order valence-electron chi connectivity index (χ1n) is 11.0. The lowest BCUT2D eigenvalue weighted by atomic mass is 10.0. The van der Waals surface area contributed by atoms with Crippen molar-refractivity contribution in [3.05, 3.63) is 77.9 Å². The molecule has 31 heavy (non-hydrogen) atoms. The van der Waals surface area contributed by atoms with Crippen LogP contribution in [0.2, 0.25) is 0 Å². The predicted molar refractivity (Wildman–Crippen MR) is 123 cm³/mol. The number of imidazole rings is 1. The summed E-state index contributed by atoms with van der Waals surface area (Å²) in [6.07, 6.45) is 3.81. The van der Waals surface area contributed by atoms with Crippen LogP contribution in [0.3, 0.4) is 0 Å². The Balaban J connectivity index is 1.37. The molecular weight excluding hydrogens is 388 g/mol. The van der Waals surface area contributed by atoms with Crippen LogP contribution in [0.1, 0.15) is 30.4 Å². The molecule has 162 valence electrons. The van der Waals surface area contributed by atoms with Crippen LogP contribution in [0.15, 0.2) is 60.8 Å². The first-order chi connectivity index (χ1) is 15.1. The quantitative estimate of drug-likeness (QED) is 0.603. The van der Waals surface area contributed by atoms with E-state index in [9.17, 15) is 4.79 Å². The molecule has 3 aromatic rings. The number of rotatable bonds is 7. The van der Waals surface area contributed by atoms with E-state index in [-0.39, 0.29) is 6.03 Å². The highest BCUT2D eigenvalue weighted by molar-refractivity contribution is 5.91. The number of nitrogens with zero attached hydrogens (tertiary/aromatic N) is 3. The van der Waals surface area contributed by atoms with E-state index in [0.29, 0.717) is 24.0 Å². The first-order valence-corrected chi connectivity index (χ1v) is 11.0. The normalized spacial score (nSPS) is 15.8. The average molecular weight is 419 g/mol.